The molecule has 0 aliphatic heterocycles. The Hall–Kier alpha value is -3.29. The maximum absolute atomic E-state index is 12.3. The van der Waals surface area contributed by atoms with Crippen molar-refractivity contribution in [3.8, 4) is 0 Å². The molecule has 0 atom stereocenters. The lowest BCUT2D eigenvalue weighted by molar-refractivity contribution is 0.0955. The van der Waals surface area contributed by atoms with Gasteiger partial charge in [-0.05, 0) is 18.2 Å². The molecule has 30 heavy (non-hydrogen) atoms. The second kappa shape index (κ2) is 9.96. The van der Waals surface area contributed by atoms with Crippen LogP contribution in [0, 0.1) is 0 Å². The summed E-state index contributed by atoms with van der Waals surface area (Å²) in [4.78, 5) is 27.7. The maximum atomic E-state index is 12.3. The van der Waals surface area contributed by atoms with E-state index in [1.165, 1.54) is 0 Å². The molecule has 0 fully saturated rings. The molecule has 0 bridgehead atoms. The van der Waals surface area contributed by atoms with E-state index in [0.717, 1.165) is 21.8 Å². The second-order valence-electron chi connectivity index (χ2n) is 6.73. The fourth-order valence-corrected chi connectivity index (χ4v) is 3.35. The van der Waals surface area contributed by atoms with Gasteiger partial charge in [0.05, 0.1) is 11.1 Å². The minimum Gasteiger partial charge on any atom is -0.360 e. The standard InChI is InChI=1S/C22H23N5O2.ClH/c28-21(18-15-26-19-7-3-2-6-17(18)19)24-12-10-23-11-13-25-22(29)27-14-9-16-5-1-4-8-20(16)27;/h1-9,14-15,23,26H,10-13H2,(H,24,28)(H,25,29);1H. The summed E-state index contributed by atoms with van der Waals surface area (Å²) in [5, 5.41) is 11.0. The van der Waals surface area contributed by atoms with E-state index in [9.17, 15) is 9.59 Å². The number of para-hydroxylation sites is 2. The first-order valence-electron chi connectivity index (χ1n) is 9.63. The molecule has 8 heteroatoms. The van der Waals surface area contributed by atoms with Crippen molar-refractivity contribution in [2.75, 3.05) is 26.2 Å². The normalized spacial score (nSPS) is 10.7. The number of aromatic amines is 1. The third kappa shape index (κ3) is 4.64. The van der Waals surface area contributed by atoms with E-state index in [1.54, 1.807) is 17.0 Å². The highest BCUT2D eigenvalue weighted by atomic mass is 35.5. The highest BCUT2D eigenvalue weighted by Gasteiger charge is 2.10. The number of amides is 2. The Morgan fingerprint density at radius 3 is 2.47 bits per heavy atom. The predicted molar refractivity (Wildman–Crippen MR) is 121 cm³/mol. The molecule has 2 heterocycles. The number of carbonyl (C=O) groups is 2. The molecule has 2 aromatic heterocycles. The van der Waals surface area contributed by atoms with Crippen LogP contribution in [0.25, 0.3) is 21.8 Å². The highest BCUT2D eigenvalue weighted by molar-refractivity contribution is 6.06. The number of hydrogen-bond donors (Lipinski definition) is 4. The molecule has 0 unspecified atom stereocenters. The number of carbonyl (C=O) groups excluding carboxylic acids is 2. The molecule has 0 spiro atoms. The van der Waals surface area contributed by atoms with Crippen LogP contribution in [0.2, 0.25) is 0 Å². The number of H-pyrrole nitrogens is 1. The molecular weight excluding hydrogens is 402 g/mol. The molecule has 156 valence electrons. The lowest BCUT2D eigenvalue weighted by Gasteiger charge is -2.09. The summed E-state index contributed by atoms with van der Waals surface area (Å²) in [6.07, 6.45) is 3.50. The smallest absolute Gasteiger partial charge is 0.326 e. The van der Waals surface area contributed by atoms with Crippen molar-refractivity contribution >= 4 is 46.2 Å². The molecule has 0 saturated carbocycles. The monoisotopic (exact) mass is 425 g/mol. The minimum absolute atomic E-state index is 0. The van der Waals surface area contributed by atoms with Crippen LogP contribution in [-0.4, -0.2) is 47.7 Å². The Morgan fingerprint density at radius 2 is 1.60 bits per heavy atom. The van der Waals surface area contributed by atoms with Crippen LogP contribution < -0.4 is 16.0 Å². The molecule has 0 radical (unpaired) electrons. The SMILES string of the molecule is Cl.O=C(NCCNCCNC(=O)n1ccc2ccccc21)c1c[nH]c2ccccc12. The molecule has 7 nitrogen and oxygen atoms in total. The number of halogens is 1. The molecule has 0 saturated heterocycles. The van der Waals surface area contributed by atoms with Crippen molar-refractivity contribution in [2.45, 2.75) is 0 Å². The summed E-state index contributed by atoms with van der Waals surface area (Å²) >= 11 is 0. The summed E-state index contributed by atoms with van der Waals surface area (Å²) in [7, 11) is 0. The van der Waals surface area contributed by atoms with Gasteiger partial charge in [0.25, 0.3) is 5.91 Å². The van der Waals surface area contributed by atoms with Gasteiger partial charge in [0.2, 0.25) is 0 Å². The molecule has 0 aliphatic rings. The maximum Gasteiger partial charge on any atom is 0.326 e. The van der Waals surface area contributed by atoms with Gasteiger partial charge in [0.15, 0.2) is 0 Å². The van der Waals surface area contributed by atoms with Crippen LogP contribution in [0.3, 0.4) is 0 Å². The van der Waals surface area contributed by atoms with Crippen LogP contribution >= 0.6 is 12.4 Å². The van der Waals surface area contributed by atoms with Crippen LogP contribution in [0.5, 0.6) is 0 Å². The van der Waals surface area contributed by atoms with Crippen molar-refractivity contribution in [2.24, 2.45) is 0 Å². The Kier molecular flexibility index (Phi) is 7.11. The fraction of sp³-hybridized carbons (Fsp3) is 0.182. The fourth-order valence-electron chi connectivity index (χ4n) is 3.35. The van der Waals surface area contributed by atoms with Gasteiger partial charge in [-0.15, -0.1) is 12.4 Å². The Bertz CT molecular complexity index is 1060. The average Bonchev–Trinajstić information content (AvgIpc) is 3.37. The molecule has 0 aliphatic carbocycles. The first kappa shape index (κ1) is 21.4. The number of fused-ring (bicyclic) bond motifs is 2. The summed E-state index contributed by atoms with van der Waals surface area (Å²) in [6, 6.07) is 17.2. The molecule has 2 aromatic carbocycles. The first-order chi connectivity index (χ1) is 14.2. The summed E-state index contributed by atoms with van der Waals surface area (Å²) < 4.78 is 1.61. The number of aromatic nitrogens is 2. The van der Waals surface area contributed by atoms with Crippen molar-refractivity contribution in [1.82, 2.24) is 25.5 Å². The number of nitrogens with zero attached hydrogens (tertiary/aromatic N) is 1. The third-order valence-electron chi connectivity index (χ3n) is 4.82. The van der Waals surface area contributed by atoms with Gasteiger partial charge in [-0.2, -0.15) is 0 Å². The molecule has 4 N–H and O–H groups in total. The van der Waals surface area contributed by atoms with Gasteiger partial charge in [-0.3, -0.25) is 9.36 Å². The van der Waals surface area contributed by atoms with E-state index in [4.69, 9.17) is 0 Å². The highest BCUT2D eigenvalue weighted by Crippen LogP contribution is 2.17. The van der Waals surface area contributed by atoms with Crippen molar-refractivity contribution in [3.05, 3.63) is 72.6 Å². The number of nitrogens with one attached hydrogen (secondary N) is 4. The van der Waals surface area contributed by atoms with E-state index in [1.807, 2.05) is 54.6 Å². The van der Waals surface area contributed by atoms with Crippen LogP contribution in [0.15, 0.2) is 67.0 Å². The zero-order chi connectivity index (χ0) is 20.1. The van der Waals surface area contributed by atoms with E-state index in [0.29, 0.717) is 31.7 Å². The van der Waals surface area contributed by atoms with Gasteiger partial charge in [-0.25, -0.2) is 4.79 Å². The lowest BCUT2D eigenvalue weighted by atomic mass is 10.1. The lowest BCUT2D eigenvalue weighted by Crippen LogP contribution is -2.37. The topological polar surface area (TPSA) is 90.9 Å². The summed E-state index contributed by atoms with van der Waals surface area (Å²) in [6.45, 7) is 2.25. The van der Waals surface area contributed by atoms with Gasteiger partial charge in [0.1, 0.15) is 0 Å². The quantitative estimate of drug-likeness (QED) is 0.343. The van der Waals surface area contributed by atoms with E-state index >= 15 is 0 Å². The Balaban J connectivity index is 0.00000256. The van der Waals surface area contributed by atoms with Crippen LogP contribution in [0.4, 0.5) is 4.79 Å². The molecule has 4 rings (SSSR count). The number of benzene rings is 2. The first-order valence-corrected chi connectivity index (χ1v) is 9.63. The summed E-state index contributed by atoms with van der Waals surface area (Å²) in [5.41, 5.74) is 2.48. The van der Waals surface area contributed by atoms with E-state index in [-0.39, 0.29) is 24.3 Å². The molecular formula is C22H24ClN5O2. The zero-order valence-corrected chi connectivity index (χ0v) is 17.2. The van der Waals surface area contributed by atoms with Crippen molar-refractivity contribution in [3.63, 3.8) is 0 Å². The van der Waals surface area contributed by atoms with Crippen LogP contribution in [0.1, 0.15) is 10.4 Å². The van der Waals surface area contributed by atoms with Gasteiger partial charge < -0.3 is 20.9 Å². The average molecular weight is 426 g/mol. The largest absolute Gasteiger partial charge is 0.360 e. The zero-order valence-electron chi connectivity index (χ0n) is 16.4. The summed E-state index contributed by atoms with van der Waals surface area (Å²) in [5.74, 6) is -0.1000. The Labute approximate surface area is 180 Å². The van der Waals surface area contributed by atoms with Crippen molar-refractivity contribution < 1.29 is 9.59 Å². The van der Waals surface area contributed by atoms with Crippen molar-refractivity contribution in [1.29, 1.82) is 0 Å². The predicted octanol–water partition coefficient (Wildman–Crippen LogP) is 3.12. The van der Waals surface area contributed by atoms with Gasteiger partial charge in [-0.1, -0.05) is 36.4 Å². The van der Waals surface area contributed by atoms with E-state index in [2.05, 4.69) is 20.9 Å². The van der Waals surface area contributed by atoms with Crippen LogP contribution in [-0.2, 0) is 0 Å². The minimum atomic E-state index is -0.152. The molecule has 4 aromatic rings. The van der Waals surface area contributed by atoms with Gasteiger partial charge >= 0.3 is 6.03 Å². The third-order valence-corrected chi connectivity index (χ3v) is 4.82. The number of hydrogen-bond acceptors (Lipinski definition) is 3. The van der Waals surface area contributed by atoms with E-state index < -0.39 is 0 Å². The Morgan fingerprint density at radius 1 is 0.867 bits per heavy atom. The molecule has 2 amide bonds. The second-order valence-corrected chi connectivity index (χ2v) is 6.73. The van der Waals surface area contributed by atoms with Gasteiger partial charge in [0, 0.05) is 54.9 Å². The number of rotatable bonds is 7.